The lowest BCUT2D eigenvalue weighted by molar-refractivity contribution is 0.0743. The summed E-state index contributed by atoms with van der Waals surface area (Å²) < 4.78 is 1.72. The van der Waals surface area contributed by atoms with Crippen LogP contribution in [0.5, 0.6) is 0 Å². The molecule has 6 nitrogen and oxygen atoms in total. The third-order valence-corrected chi connectivity index (χ3v) is 6.31. The van der Waals surface area contributed by atoms with Crippen molar-refractivity contribution in [2.24, 2.45) is 0 Å². The molecule has 0 saturated carbocycles. The summed E-state index contributed by atoms with van der Waals surface area (Å²) in [5.41, 5.74) is 6.64. The Labute approximate surface area is 175 Å². The molecule has 0 saturated heterocycles. The van der Waals surface area contributed by atoms with E-state index in [1.165, 1.54) is 35.8 Å². The van der Waals surface area contributed by atoms with Gasteiger partial charge < -0.3 is 9.88 Å². The van der Waals surface area contributed by atoms with Crippen molar-refractivity contribution in [3.05, 3.63) is 77.5 Å². The third kappa shape index (κ3) is 3.18. The summed E-state index contributed by atoms with van der Waals surface area (Å²) in [6, 6.07) is 14.1. The molecule has 2 aromatic heterocycles. The molecule has 0 aliphatic heterocycles. The van der Waals surface area contributed by atoms with Gasteiger partial charge in [0.1, 0.15) is 12.7 Å². The molecule has 5 rings (SSSR count). The van der Waals surface area contributed by atoms with E-state index in [9.17, 15) is 4.79 Å². The highest BCUT2D eigenvalue weighted by Gasteiger charge is 2.21. The molecule has 0 spiro atoms. The van der Waals surface area contributed by atoms with Gasteiger partial charge in [-0.05, 0) is 74.1 Å². The molecule has 1 atom stereocenters. The molecule has 1 aliphatic carbocycles. The number of aryl methyl sites for hydroxylation is 2. The van der Waals surface area contributed by atoms with E-state index in [2.05, 4.69) is 28.1 Å². The van der Waals surface area contributed by atoms with E-state index >= 15 is 0 Å². The lowest BCUT2D eigenvalue weighted by atomic mass is 9.95. The van der Waals surface area contributed by atoms with Crippen LogP contribution in [0.4, 0.5) is 0 Å². The molecule has 152 valence electrons. The molecule has 1 amide bonds. The fourth-order valence-electron chi connectivity index (χ4n) is 4.39. The van der Waals surface area contributed by atoms with E-state index in [0.717, 1.165) is 35.2 Å². The largest absolute Gasteiger partial charge is 0.358 e. The number of rotatable bonds is 4. The lowest BCUT2D eigenvalue weighted by Crippen LogP contribution is -2.29. The first-order valence-electron chi connectivity index (χ1n) is 10.5. The zero-order valence-corrected chi connectivity index (χ0v) is 17.3. The number of aromatic amines is 1. The summed E-state index contributed by atoms with van der Waals surface area (Å²) in [6.45, 7) is 2.05. The van der Waals surface area contributed by atoms with E-state index in [-0.39, 0.29) is 11.9 Å². The van der Waals surface area contributed by atoms with Crippen LogP contribution in [0.3, 0.4) is 0 Å². The number of benzene rings is 2. The SMILES string of the molecule is C[C@@H](c1ccc(-n2cncn2)cc1)N(C)C(=O)c1ccc2[nH]c3c(c2c1)CCCC3. The van der Waals surface area contributed by atoms with Gasteiger partial charge in [0, 0.05) is 29.2 Å². The summed E-state index contributed by atoms with van der Waals surface area (Å²) in [6.07, 6.45) is 7.85. The Morgan fingerprint density at radius 2 is 1.93 bits per heavy atom. The topological polar surface area (TPSA) is 66.8 Å². The summed E-state index contributed by atoms with van der Waals surface area (Å²) in [5, 5.41) is 5.36. The monoisotopic (exact) mass is 399 g/mol. The molecule has 0 unspecified atom stereocenters. The Balaban J connectivity index is 1.39. The zero-order valence-electron chi connectivity index (χ0n) is 17.3. The average Bonchev–Trinajstić information content (AvgIpc) is 3.45. The van der Waals surface area contributed by atoms with Crippen molar-refractivity contribution in [3.63, 3.8) is 0 Å². The number of amides is 1. The number of carbonyl (C=O) groups excluding carboxylic acids is 1. The molecule has 0 radical (unpaired) electrons. The fraction of sp³-hybridized carbons (Fsp3) is 0.292. The van der Waals surface area contributed by atoms with Gasteiger partial charge >= 0.3 is 0 Å². The second-order valence-electron chi connectivity index (χ2n) is 8.07. The van der Waals surface area contributed by atoms with Crippen LogP contribution in [0.25, 0.3) is 16.6 Å². The number of nitrogens with zero attached hydrogens (tertiary/aromatic N) is 4. The molecule has 2 heterocycles. The van der Waals surface area contributed by atoms with E-state index in [0.29, 0.717) is 0 Å². The normalized spacial score (nSPS) is 14.5. The highest BCUT2D eigenvalue weighted by molar-refractivity contribution is 5.99. The summed E-state index contributed by atoms with van der Waals surface area (Å²) in [4.78, 5) is 22.6. The molecule has 0 bridgehead atoms. The Kier molecular flexibility index (Phi) is 4.62. The number of aromatic nitrogens is 4. The number of fused-ring (bicyclic) bond motifs is 3. The maximum atomic E-state index is 13.2. The zero-order chi connectivity index (χ0) is 20.7. The van der Waals surface area contributed by atoms with Crippen molar-refractivity contribution in [2.45, 2.75) is 38.6 Å². The fourth-order valence-corrected chi connectivity index (χ4v) is 4.39. The van der Waals surface area contributed by atoms with Gasteiger partial charge in [-0.15, -0.1) is 0 Å². The quantitative estimate of drug-likeness (QED) is 0.551. The van der Waals surface area contributed by atoms with Crippen molar-refractivity contribution in [3.8, 4) is 5.69 Å². The molecule has 0 fully saturated rings. The molecule has 6 heteroatoms. The maximum Gasteiger partial charge on any atom is 0.254 e. The van der Waals surface area contributed by atoms with E-state index in [4.69, 9.17) is 0 Å². The second-order valence-corrected chi connectivity index (χ2v) is 8.07. The van der Waals surface area contributed by atoms with Crippen LogP contribution in [0, 0.1) is 0 Å². The predicted molar refractivity (Wildman–Crippen MR) is 117 cm³/mol. The van der Waals surface area contributed by atoms with Gasteiger partial charge in [0.2, 0.25) is 0 Å². The van der Waals surface area contributed by atoms with Gasteiger partial charge in [0.25, 0.3) is 5.91 Å². The summed E-state index contributed by atoms with van der Waals surface area (Å²) in [5.74, 6) is 0.0375. The number of nitrogens with one attached hydrogen (secondary N) is 1. The van der Waals surface area contributed by atoms with Crippen LogP contribution >= 0.6 is 0 Å². The van der Waals surface area contributed by atoms with E-state index in [1.54, 1.807) is 11.0 Å². The minimum atomic E-state index is -0.0434. The van der Waals surface area contributed by atoms with Crippen molar-refractivity contribution >= 4 is 16.8 Å². The van der Waals surface area contributed by atoms with Crippen LogP contribution in [-0.4, -0.2) is 37.6 Å². The molecule has 2 aromatic carbocycles. The number of carbonyl (C=O) groups is 1. The van der Waals surface area contributed by atoms with Gasteiger partial charge in [-0.1, -0.05) is 12.1 Å². The first-order chi connectivity index (χ1) is 14.6. The number of H-pyrrole nitrogens is 1. The Morgan fingerprint density at radius 1 is 1.13 bits per heavy atom. The third-order valence-electron chi connectivity index (χ3n) is 6.31. The molecule has 1 aliphatic rings. The molecule has 1 N–H and O–H groups in total. The summed E-state index contributed by atoms with van der Waals surface area (Å²) in [7, 11) is 1.87. The van der Waals surface area contributed by atoms with E-state index in [1.807, 2.05) is 48.3 Å². The molecular weight excluding hydrogens is 374 g/mol. The Bertz CT molecular complexity index is 1190. The standard InChI is InChI=1S/C24H25N5O/c1-16(17-7-10-19(11-8-17)29-15-25-14-26-29)28(2)24(30)18-9-12-23-21(13-18)20-5-3-4-6-22(20)27-23/h7-16,27H,3-6H2,1-2H3/t16-/m0/s1. The van der Waals surface area contributed by atoms with Crippen molar-refractivity contribution in [1.82, 2.24) is 24.6 Å². The second kappa shape index (κ2) is 7.44. The predicted octanol–water partition coefficient (Wildman–Crippen LogP) is 4.46. The minimum absolute atomic E-state index is 0.0375. The lowest BCUT2D eigenvalue weighted by Gasteiger charge is -2.25. The van der Waals surface area contributed by atoms with Crippen molar-refractivity contribution in [1.29, 1.82) is 0 Å². The van der Waals surface area contributed by atoms with Gasteiger partial charge in [-0.25, -0.2) is 9.67 Å². The van der Waals surface area contributed by atoms with Crippen LogP contribution in [0.15, 0.2) is 55.1 Å². The van der Waals surface area contributed by atoms with Crippen molar-refractivity contribution in [2.75, 3.05) is 7.05 Å². The van der Waals surface area contributed by atoms with Gasteiger partial charge in [0.15, 0.2) is 0 Å². The van der Waals surface area contributed by atoms with Crippen LogP contribution in [0.2, 0.25) is 0 Å². The highest BCUT2D eigenvalue weighted by Crippen LogP contribution is 2.30. The number of hydrogen-bond donors (Lipinski definition) is 1. The molecular formula is C24H25N5O. The van der Waals surface area contributed by atoms with Gasteiger partial charge in [0.05, 0.1) is 11.7 Å². The van der Waals surface area contributed by atoms with E-state index < -0.39 is 0 Å². The first kappa shape index (κ1) is 18.6. The van der Waals surface area contributed by atoms with Gasteiger partial charge in [-0.3, -0.25) is 4.79 Å². The Morgan fingerprint density at radius 3 is 2.70 bits per heavy atom. The van der Waals surface area contributed by atoms with Crippen LogP contribution < -0.4 is 0 Å². The number of hydrogen-bond acceptors (Lipinski definition) is 3. The Hall–Kier alpha value is -3.41. The molecule has 4 aromatic rings. The summed E-state index contributed by atoms with van der Waals surface area (Å²) >= 11 is 0. The highest BCUT2D eigenvalue weighted by atomic mass is 16.2. The maximum absolute atomic E-state index is 13.2. The first-order valence-corrected chi connectivity index (χ1v) is 10.5. The average molecular weight is 399 g/mol. The van der Waals surface area contributed by atoms with Crippen LogP contribution in [-0.2, 0) is 12.8 Å². The smallest absolute Gasteiger partial charge is 0.254 e. The minimum Gasteiger partial charge on any atom is -0.358 e. The molecule has 30 heavy (non-hydrogen) atoms. The van der Waals surface area contributed by atoms with Crippen molar-refractivity contribution < 1.29 is 4.79 Å². The van der Waals surface area contributed by atoms with Gasteiger partial charge in [-0.2, -0.15) is 5.10 Å². The van der Waals surface area contributed by atoms with Crippen LogP contribution in [0.1, 0.15) is 53.0 Å².